The van der Waals surface area contributed by atoms with Gasteiger partial charge < -0.3 is 20.0 Å². The highest BCUT2D eigenvalue weighted by molar-refractivity contribution is 5.86. The van der Waals surface area contributed by atoms with E-state index in [1.54, 1.807) is 11.1 Å². The van der Waals surface area contributed by atoms with Gasteiger partial charge in [-0.25, -0.2) is 4.98 Å². The number of oxazole rings is 1. The number of rotatable bonds is 6. The number of aromatic nitrogens is 3. The normalized spacial score (nSPS) is 13.7. The van der Waals surface area contributed by atoms with E-state index in [1.807, 2.05) is 48.8 Å². The van der Waals surface area contributed by atoms with Crippen LogP contribution in [-0.2, 0) is 37.0 Å². The van der Waals surface area contributed by atoms with Crippen molar-refractivity contribution in [3.8, 4) is 0 Å². The topological polar surface area (TPSA) is 101 Å². The molecule has 0 unspecified atom stereocenters. The monoisotopic (exact) mass is 487 g/mol. The molecule has 3 aromatic heterocycles. The van der Waals surface area contributed by atoms with Gasteiger partial charge in [0.2, 0.25) is 5.91 Å². The number of fused-ring (bicyclic) bond motifs is 2. The van der Waals surface area contributed by atoms with Gasteiger partial charge in [-0.2, -0.15) is 0 Å². The van der Waals surface area contributed by atoms with Crippen LogP contribution in [-0.4, -0.2) is 38.3 Å². The van der Waals surface area contributed by atoms with E-state index >= 15 is 0 Å². The summed E-state index contributed by atoms with van der Waals surface area (Å²) in [5.74, 6) is 1.55. The number of carbonyl (C=O) groups excluding carboxylic acids is 1. The van der Waals surface area contributed by atoms with Crippen molar-refractivity contribution in [1.29, 1.82) is 0 Å². The third kappa shape index (κ3) is 5.38. The molecule has 0 saturated carbocycles. The average molecular weight is 488 g/mol. The second-order valence-electron chi connectivity index (χ2n) is 8.02. The van der Waals surface area contributed by atoms with Crippen LogP contribution in [0.3, 0.4) is 0 Å². The van der Waals surface area contributed by atoms with Crippen molar-refractivity contribution in [3.63, 3.8) is 0 Å². The van der Waals surface area contributed by atoms with Crippen molar-refractivity contribution in [2.75, 3.05) is 6.54 Å². The molecule has 33 heavy (non-hydrogen) atoms. The minimum Gasteiger partial charge on any atom is -0.445 e. The molecule has 4 heterocycles. The number of aryl methyl sites for hydroxylation is 2. The second-order valence-corrected chi connectivity index (χ2v) is 8.02. The Morgan fingerprint density at radius 1 is 1.18 bits per heavy atom. The molecule has 5 rings (SSSR count). The van der Waals surface area contributed by atoms with Crippen LogP contribution in [0.15, 0.2) is 59.4 Å². The van der Waals surface area contributed by atoms with Gasteiger partial charge >= 0.3 is 0 Å². The van der Waals surface area contributed by atoms with E-state index in [2.05, 4.69) is 15.0 Å². The molecule has 1 aliphatic heterocycles. The summed E-state index contributed by atoms with van der Waals surface area (Å²) in [5, 5.41) is 1.11. The first-order valence-electron chi connectivity index (χ1n) is 10.6. The van der Waals surface area contributed by atoms with Crippen LogP contribution in [0, 0.1) is 0 Å². The van der Waals surface area contributed by atoms with Gasteiger partial charge in [0.05, 0.1) is 12.6 Å². The Bertz CT molecular complexity index is 1210. The van der Waals surface area contributed by atoms with Crippen LogP contribution in [0.1, 0.15) is 28.5 Å². The molecule has 0 spiro atoms. The summed E-state index contributed by atoms with van der Waals surface area (Å²) in [4.78, 5) is 26.8. The van der Waals surface area contributed by atoms with Crippen molar-refractivity contribution in [3.05, 3.63) is 83.5 Å². The van der Waals surface area contributed by atoms with E-state index in [1.165, 1.54) is 0 Å². The van der Waals surface area contributed by atoms with Crippen LogP contribution < -0.4 is 5.73 Å². The highest BCUT2D eigenvalue weighted by Gasteiger charge is 2.28. The molecule has 0 saturated heterocycles. The number of halogens is 2. The summed E-state index contributed by atoms with van der Waals surface area (Å²) in [6.45, 7) is 1.05. The Balaban J connectivity index is 0.00000153. The molecular formula is C24H27Cl2N5O2. The number of nitrogens with zero attached hydrogens (tertiary/aromatic N) is 3. The first kappa shape index (κ1) is 24.8. The molecule has 7 nitrogen and oxygen atoms in total. The van der Waals surface area contributed by atoms with E-state index in [0.29, 0.717) is 38.2 Å². The SMILES string of the molecule is Cl.Cl.N[C@H](Cc1c[nH]c2ccccc12)C(=O)N1CCc2oc(CCc3cccnc3)nc2C1. The van der Waals surface area contributed by atoms with Gasteiger partial charge in [-0.15, -0.1) is 24.8 Å². The molecule has 1 atom stereocenters. The lowest BCUT2D eigenvalue weighted by molar-refractivity contribution is -0.133. The lowest BCUT2D eigenvalue weighted by Crippen LogP contribution is -2.46. The quantitative estimate of drug-likeness (QED) is 0.432. The van der Waals surface area contributed by atoms with Gasteiger partial charge in [0, 0.05) is 48.9 Å². The van der Waals surface area contributed by atoms with Crippen LogP contribution >= 0.6 is 24.8 Å². The molecule has 174 valence electrons. The smallest absolute Gasteiger partial charge is 0.240 e. The average Bonchev–Trinajstić information content (AvgIpc) is 3.41. The summed E-state index contributed by atoms with van der Waals surface area (Å²) in [7, 11) is 0. The van der Waals surface area contributed by atoms with Crippen molar-refractivity contribution < 1.29 is 9.21 Å². The first-order valence-corrected chi connectivity index (χ1v) is 10.6. The molecule has 3 N–H and O–H groups in total. The van der Waals surface area contributed by atoms with Gasteiger partial charge in [0.25, 0.3) is 0 Å². The summed E-state index contributed by atoms with van der Waals surface area (Å²) < 4.78 is 5.94. The van der Waals surface area contributed by atoms with Gasteiger partial charge in [-0.1, -0.05) is 24.3 Å². The fraction of sp³-hybridized carbons (Fsp3) is 0.292. The number of nitrogens with two attached hydrogens (primary N) is 1. The zero-order valence-corrected chi connectivity index (χ0v) is 19.7. The van der Waals surface area contributed by atoms with E-state index in [0.717, 1.165) is 39.9 Å². The van der Waals surface area contributed by atoms with Gasteiger partial charge in [0.15, 0.2) is 5.89 Å². The summed E-state index contributed by atoms with van der Waals surface area (Å²) >= 11 is 0. The molecule has 0 aliphatic carbocycles. The molecule has 0 fully saturated rings. The number of aromatic amines is 1. The number of nitrogens with one attached hydrogen (secondary N) is 1. The van der Waals surface area contributed by atoms with Crippen molar-refractivity contribution >= 4 is 41.6 Å². The van der Waals surface area contributed by atoms with E-state index in [-0.39, 0.29) is 30.7 Å². The van der Waals surface area contributed by atoms with E-state index < -0.39 is 6.04 Å². The maximum absolute atomic E-state index is 13.0. The van der Waals surface area contributed by atoms with E-state index in [9.17, 15) is 4.79 Å². The maximum atomic E-state index is 13.0. The molecule has 9 heteroatoms. The zero-order valence-electron chi connectivity index (χ0n) is 18.1. The third-order valence-corrected chi connectivity index (χ3v) is 5.87. The standard InChI is InChI=1S/C24H25N5O2.2ClH/c25-19(12-17-14-27-20-6-2-1-5-18(17)20)24(30)29-11-9-22-21(15-29)28-23(31-22)8-7-16-4-3-10-26-13-16;;/h1-6,10,13-14,19,27H,7-9,11-12,15,25H2;2*1H/t19-;;/m1../s1. The van der Waals surface area contributed by atoms with Crippen molar-refractivity contribution in [2.45, 2.75) is 38.3 Å². The molecule has 4 aromatic rings. The molecular weight excluding hydrogens is 461 g/mol. The Hall–Kier alpha value is -2.87. The minimum atomic E-state index is -0.585. The fourth-order valence-electron chi connectivity index (χ4n) is 4.20. The summed E-state index contributed by atoms with van der Waals surface area (Å²) in [5.41, 5.74) is 10.4. The Kier molecular flexibility index (Phi) is 8.13. The van der Waals surface area contributed by atoms with Crippen LogP contribution in [0.25, 0.3) is 10.9 Å². The Morgan fingerprint density at radius 3 is 2.85 bits per heavy atom. The van der Waals surface area contributed by atoms with Crippen molar-refractivity contribution in [2.24, 2.45) is 5.73 Å². The predicted molar refractivity (Wildman–Crippen MR) is 132 cm³/mol. The van der Waals surface area contributed by atoms with E-state index in [4.69, 9.17) is 10.2 Å². The van der Waals surface area contributed by atoms with Gasteiger partial charge in [-0.05, 0) is 36.1 Å². The number of hydrogen-bond acceptors (Lipinski definition) is 5. The summed E-state index contributed by atoms with van der Waals surface area (Å²) in [6, 6.07) is 11.4. The lowest BCUT2D eigenvalue weighted by Gasteiger charge is -2.27. The molecule has 1 aromatic carbocycles. The molecule has 1 aliphatic rings. The number of para-hydroxylation sites is 1. The number of amides is 1. The minimum absolute atomic E-state index is 0. The zero-order chi connectivity index (χ0) is 21.2. The lowest BCUT2D eigenvalue weighted by atomic mass is 10.0. The highest BCUT2D eigenvalue weighted by atomic mass is 35.5. The largest absolute Gasteiger partial charge is 0.445 e. The van der Waals surface area contributed by atoms with Crippen LogP contribution in [0.4, 0.5) is 0 Å². The van der Waals surface area contributed by atoms with Gasteiger partial charge in [-0.3, -0.25) is 9.78 Å². The number of pyridine rings is 1. The fourth-order valence-corrected chi connectivity index (χ4v) is 4.20. The van der Waals surface area contributed by atoms with Gasteiger partial charge in [0.1, 0.15) is 11.5 Å². The number of carbonyl (C=O) groups is 1. The molecule has 0 bridgehead atoms. The van der Waals surface area contributed by atoms with Crippen LogP contribution in [0.5, 0.6) is 0 Å². The second kappa shape index (κ2) is 10.8. The number of benzene rings is 1. The van der Waals surface area contributed by atoms with Crippen LogP contribution in [0.2, 0.25) is 0 Å². The maximum Gasteiger partial charge on any atom is 0.240 e. The number of hydrogen-bond donors (Lipinski definition) is 2. The summed E-state index contributed by atoms with van der Waals surface area (Å²) in [6.07, 6.45) is 8.28. The Labute approximate surface area is 204 Å². The predicted octanol–water partition coefficient (Wildman–Crippen LogP) is 3.63. The first-order chi connectivity index (χ1) is 15.2. The Morgan fingerprint density at radius 2 is 2.03 bits per heavy atom. The third-order valence-electron chi connectivity index (χ3n) is 5.87. The highest BCUT2D eigenvalue weighted by Crippen LogP contribution is 2.23. The number of H-pyrrole nitrogens is 1. The van der Waals surface area contributed by atoms with Crippen molar-refractivity contribution in [1.82, 2.24) is 19.9 Å². The molecule has 0 radical (unpaired) electrons. The molecule has 1 amide bonds.